The van der Waals surface area contributed by atoms with E-state index in [2.05, 4.69) is 19.7 Å². The number of benzene rings is 1. The Kier molecular flexibility index (Phi) is 3.42. The lowest BCUT2D eigenvalue weighted by Gasteiger charge is -2.20. The Hall–Kier alpha value is -2.14. The van der Waals surface area contributed by atoms with E-state index >= 15 is 0 Å². The van der Waals surface area contributed by atoms with Gasteiger partial charge in [0.15, 0.2) is 5.82 Å². The highest BCUT2D eigenvalue weighted by atomic mass is 35.5. The van der Waals surface area contributed by atoms with Crippen molar-refractivity contribution in [3.05, 3.63) is 64.8 Å². The van der Waals surface area contributed by atoms with Crippen LogP contribution < -0.4 is 0 Å². The molecule has 0 amide bonds. The Bertz CT molecular complexity index is 795. The van der Waals surface area contributed by atoms with Crippen LogP contribution in [0.25, 0.3) is 0 Å². The van der Waals surface area contributed by atoms with Gasteiger partial charge in [0, 0.05) is 42.2 Å². The first-order valence-electron chi connectivity index (χ1n) is 7.34. The zero-order valence-electron chi connectivity index (χ0n) is 11.9. The van der Waals surface area contributed by atoms with Gasteiger partial charge in [-0.15, -0.1) is 0 Å². The van der Waals surface area contributed by atoms with Crippen molar-refractivity contribution in [2.24, 2.45) is 0 Å². The molecule has 22 heavy (non-hydrogen) atoms. The van der Waals surface area contributed by atoms with Gasteiger partial charge in [0.05, 0.1) is 6.33 Å². The largest absolute Gasteiger partial charge is 0.339 e. The second-order valence-electron chi connectivity index (χ2n) is 5.62. The minimum atomic E-state index is 0.282. The fourth-order valence-electron chi connectivity index (χ4n) is 2.91. The summed E-state index contributed by atoms with van der Waals surface area (Å²) < 4.78 is 7.65. The summed E-state index contributed by atoms with van der Waals surface area (Å²) in [5, 5.41) is 4.83. The molecule has 5 nitrogen and oxygen atoms in total. The SMILES string of the molecule is Clc1cccc(Cc2noc([C@H]3CCn4cncc4C3)n2)c1. The zero-order chi connectivity index (χ0) is 14.9. The van der Waals surface area contributed by atoms with Gasteiger partial charge in [0.25, 0.3) is 0 Å². The highest BCUT2D eigenvalue weighted by Crippen LogP contribution is 2.28. The number of imidazole rings is 1. The molecule has 4 rings (SSSR count). The molecule has 0 N–H and O–H groups in total. The number of nitrogens with zero attached hydrogens (tertiary/aromatic N) is 4. The molecule has 1 atom stereocenters. The van der Waals surface area contributed by atoms with Crippen molar-refractivity contribution in [1.29, 1.82) is 0 Å². The molecule has 0 bridgehead atoms. The Labute approximate surface area is 132 Å². The number of rotatable bonds is 3. The van der Waals surface area contributed by atoms with Crippen molar-refractivity contribution in [2.45, 2.75) is 31.7 Å². The summed E-state index contributed by atoms with van der Waals surface area (Å²) >= 11 is 6.00. The Balaban J connectivity index is 1.50. The minimum absolute atomic E-state index is 0.282. The number of hydrogen-bond donors (Lipinski definition) is 0. The second kappa shape index (κ2) is 5.57. The molecule has 0 fully saturated rings. The average Bonchev–Trinajstić information content (AvgIpc) is 3.15. The third kappa shape index (κ3) is 2.64. The predicted molar refractivity (Wildman–Crippen MR) is 81.8 cm³/mol. The molecule has 0 spiro atoms. The van der Waals surface area contributed by atoms with Gasteiger partial charge < -0.3 is 9.09 Å². The number of aromatic nitrogens is 4. The van der Waals surface area contributed by atoms with Crippen molar-refractivity contribution >= 4 is 11.6 Å². The van der Waals surface area contributed by atoms with E-state index in [1.807, 2.05) is 36.8 Å². The molecule has 3 heterocycles. The lowest BCUT2D eigenvalue weighted by atomic mass is 9.96. The van der Waals surface area contributed by atoms with Crippen molar-refractivity contribution in [3.63, 3.8) is 0 Å². The lowest BCUT2D eigenvalue weighted by Crippen LogP contribution is -2.17. The average molecular weight is 315 g/mol. The van der Waals surface area contributed by atoms with Crippen molar-refractivity contribution in [3.8, 4) is 0 Å². The molecule has 3 aromatic rings. The van der Waals surface area contributed by atoms with Crippen LogP contribution in [0.5, 0.6) is 0 Å². The number of halogens is 1. The number of fused-ring (bicyclic) bond motifs is 1. The maximum Gasteiger partial charge on any atom is 0.230 e. The smallest absolute Gasteiger partial charge is 0.230 e. The van der Waals surface area contributed by atoms with Gasteiger partial charge in [-0.1, -0.05) is 28.9 Å². The maximum absolute atomic E-state index is 6.00. The van der Waals surface area contributed by atoms with Gasteiger partial charge >= 0.3 is 0 Å². The van der Waals surface area contributed by atoms with Crippen LogP contribution in [0.1, 0.15) is 35.3 Å². The monoisotopic (exact) mass is 314 g/mol. The Morgan fingerprint density at radius 3 is 3.23 bits per heavy atom. The Morgan fingerprint density at radius 2 is 2.32 bits per heavy atom. The van der Waals surface area contributed by atoms with E-state index in [0.29, 0.717) is 12.2 Å². The quantitative estimate of drug-likeness (QED) is 0.744. The molecule has 1 aliphatic heterocycles. The van der Waals surface area contributed by atoms with E-state index in [0.717, 1.165) is 35.9 Å². The summed E-state index contributed by atoms with van der Waals surface area (Å²) in [5.74, 6) is 1.71. The van der Waals surface area contributed by atoms with Crippen LogP contribution in [0, 0.1) is 0 Å². The molecule has 1 aromatic carbocycles. The molecular formula is C16H15ClN4O. The van der Waals surface area contributed by atoms with Crippen LogP contribution >= 0.6 is 11.6 Å². The van der Waals surface area contributed by atoms with Crippen LogP contribution in [0.4, 0.5) is 0 Å². The third-order valence-corrected chi connectivity index (χ3v) is 4.29. The Morgan fingerprint density at radius 1 is 1.36 bits per heavy atom. The number of aryl methyl sites for hydroxylation is 1. The third-order valence-electron chi connectivity index (χ3n) is 4.06. The first-order valence-corrected chi connectivity index (χ1v) is 7.71. The van der Waals surface area contributed by atoms with Crippen molar-refractivity contribution in [1.82, 2.24) is 19.7 Å². The van der Waals surface area contributed by atoms with Crippen LogP contribution in [0.15, 0.2) is 41.3 Å². The predicted octanol–water partition coefficient (Wildman–Crippen LogP) is 3.24. The summed E-state index contributed by atoms with van der Waals surface area (Å²) in [6, 6.07) is 7.73. The highest BCUT2D eigenvalue weighted by molar-refractivity contribution is 6.30. The molecule has 6 heteroatoms. The molecular weight excluding hydrogens is 300 g/mol. The number of hydrogen-bond acceptors (Lipinski definition) is 4. The lowest BCUT2D eigenvalue weighted by molar-refractivity contribution is 0.323. The second-order valence-corrected chi connectivity index (χ2v) is 6.06. The van der Waals surface area contributed by atoms with E-state index < -0.39 is 0 Å². The molecule has 0 saturated heterocycles. The van der Waals surface area contributed by atoms with E-state index in [1.165, 1.54) is 5.69 Å². The summed E-state index contributed by atoms with van der Waals surface area (Å²) in [6.07, 6.45) is 6.33. The van der Waals surface area contributed by atoms with E-state index in [-0.39, 0.29) is 5.92 Å². The first-order chi connectivity index (χ1) is 10.8. The molecule has 0 radical (unpaired) electrons. The van der Waals surface area contributed by atoms with Gasteiger partial charge in [-0.3, -0.25) is 0 Å². The maximum atomic E-state index is 6.00. The normalized spacial score (nSPS) is 17.4. The van der Waals surface area contributed by atoms with Gasteiger partial charge in [-0.05, 0) is 24.1 Å². The molecule has 0 aliphatic carbocycles. The summed E-state index contributed by atoms with van der Waals surface area (Å²) in [6.45, 7) is 0.950. The minimum Gasteiger partial charge on any atom is -0.339 e. The van der Waals surface area contributed by atoms with Gasteiger partial charge in [-0.25, -0.2) is 4.98 Å². The summed E-state index contributed by atoms with van der Waals surface area (Å²) in [4.78, 5) is 8.75. The van der Waals surface area contributed by atoms with Crippen molar-refractivity contribution < 1.29 is 4.52 Å². The van der Waals surface area contributed by atoms with Crippen LogP contribution in [-0.2, 0) is 19.4 Å². The molecule has 0 unspecified atom stereocenters. The molecule has 1 aliphatic rings. The van der Waals surface area contributed by atoms with Gasteiger partial charge in [-0.2, -0.15) is 4.98 Å². The van der Waals surface area contributed by atoms with Crippen LogP contribution in [0.3, 0.4) is 0 Å². The van der Waals surface area contributed by atoms with E-state index in [1.54, 1.807) is 0 Å². The molecule has 0 saturated carbocycles. The topological polar surface area (TPSA) is 56.7 Å². The fourth-order valence-corrected chi connectivity index (χ4v) is 3.13. The summed E-state index contributed by atoms with van der Waals surface area (Å²) in [5.41, 5.74) is 2.31. The van der Waals surface area contributed by atoms with E-state index in [4.69, 9.17) is 16.1 Å². The molecule has 2 aromatic heterocycles. The zero-order valence-corrected chi connectivity index (χ0v) is 12.7. The van der Waals surface area contributed by atoms with E-state index in [9.17, 15) is 0 Å². The van der Waals surface area contributed by atoms with Crippen molar-refractivity contribution in [2.75, 3.05) is 0 Å². The fraction of sp³-hybridized carbons (Fsp3) is 0.312. The standard InChI is InChI=1S/C16H15ClN4O/c17-13-3-1-2-11(6-13)7-15-19-16(22-20-15)12-4-5-21-10-18-9-14(21)8-12/h1-3,6,9-10,12H,4-5,7-8H2/t12-/m0/s1. The van der Waals surface area contributed by atoms with Gasteiger partial charge in [0.2, 0.25) is 5.89 Å². The summed E-state index contributed by atoms with van der Waals surface area (Å²) in [7, 11) is 0. The van der Waals surface area contributed by atoms with Crippen LogP contribution in [-0.4, -0.2) is 19.7 Å². The molecule has 112 valence electrons. The highest BCUT2D eigenvalue weighted by Gasteiger charge is 2.25. The van der Waals surface area contributed by atoms with Gasteiger partial charge in [0.1, 0.15) is 0 Å². The first kappa shape index (κ1) is 13.5. The van der Waals surface area contributed by atoms with Crippen LogP contribution in [0.2, 0.25) is 5.02 Å².